The quantitative estimate of drug-likeness (QED) is 0.801. The van der Waals surface area contributed by atoms with Crippen LogP contribution in [0.5, 0.6) is 0 Å². The highest BCUT2D eigenvalue weighted by Gasteiger charge is 2.47. The van der Waals surface area contributed by atoms with E-state index in [1.54, 1.807) is 4.68 Å². The van der Waals surface area contributed by atoms with Gasteiger partial charge in [-0.25, -0.2) is 9.48 Å². The van der Waals surface area contributed by atoms with Gasteiger partial charge in [0.15, 0.2) is 5.82 Å². The molecule has 0 spiro atoms. The van der Waals surface area contributed by atoms with Crippen molar-refractivity contribution in [2.75, 3.05) is 11.9 Å². The Balaban J connectivity index is 1.44. The van der Waals surface area contributed by atoms with Gasteiger partial charge in [0.1, 0.15) is 0 Å². The molecule has 2 aliphatic carbocycles. The molecule has 6 heteroatoms. The predicted octanol–water partition coefficient (Wildman–Crippen LogP) is 2.71. The fourth-order valence-electron chi connectivity index (χ4n) is 4.49. The molecule has 2 aliphatic rings. The van der Waals surface area contributed by atoms with Gasteiger partial charge in [0, 0.05) is 30.3 Å². The van der Waals surface area contributed by atoms with Crippen LogP contribution in [0.25, 0.3) is 5.69 Å². The molecule has 0 saturated heterocycles. The van der Waals surface area contributed by atoms with Gasteiger partial charge in [-0.15, -0.1) is 5.10 Å². The number of nitrogens with zero attached hydrogens (tertiary/aromatic N) is 2. The Labute approximate surface area is 147 Å². The lowest BCUT2D eigenvalue weighted by Crippen LogP contribution is -2.47. The van der Waals surface area contributed by atoms with Crippen molar-refractivity contribution in [3.8, 4) is 5.69 Å². The number of para-hydroxylation sites is 1. The van der Waals surface area contributed by atoms with Crippen molar-refractivity contribution < 1.29 is 9.90 Å². The molecule has 4 rings (SSSR count). The van der Waals surface area contributed by atoms with Crippen LogP contribution in [0.1, 0.15) is 24.8 Å². The number of nitrogens with one attached hydrogen (secondary N) is 2. The number of hydrogen-bond donors (Lipinski definition) is 3. The lowest BCUT2D eigenvalue weighted by molar-refractivity contribution is 0.146. The summed E-state index contributed by atoms with van der Waals surface area (Å²) < 4.78 is 1.76. The molecule has 4 atom stereocenters. The van der Waals surface area contributed by atoms with Gasteiger partial charge in [0.25, 0.3) is 0 Å². The lowest BCUT2D eigenvalue weighted by atomic mass is 9.85. The minimum Gasteiger partial charge on any atom is -0.396 e. The summed E-state index contributed by atoms with van der Waals surface area (Å²) in [7, 11) is 0. The summed E-state index contributed by atoms with van der Waals surface area (Å²) in [5, 5.41) is 20.1. The third kappa shape index (κ3) is 3.02. The van der Waals surface area contributed by atoms with Gasteiger partial charge >= 0.3 is 6.03 Å². The summed E-state index contributed by atoms with van der Waals surface area (Å²) in [5.41, 5.74) is 1.86. The molecule has 2 saturated carbocycles. The number of aliphatic hydroxyl groups is 1. The maximum absolute atomic E-state index is 12.5. The van der Waals surface area contributed by atoms with Gasteiger partial charge in [-0.2, -0.15) is 0 Å². The summed E-state index contributed by atoms with van der Waals surface area (Å²) in [6.45, 7) is 2.07. The van der Waals surface area contributed by atoms with E-state index in [1.165, 1.54) is 6.42 Å². The fraction of sp³-hybridized carbons (Fsp3) is 0.474. The van der Waals surface area contributed by atoms with Crippen molar-refractivity contribution in [2.45, 2.75) is 32.2 Å². The molecule has 2 fully saturated rings. The van der Waals surface area contributed by atoms with E-state index in [1.807, 2.05) is 43.5 Å². The summed E-state index contributed by atoms with van der Waals surface area (Å²) in [6.07, 6.45) is 5.35. The Hall–Kier alpha value is -2.34. The first-order valence-corrected chi connectivity index (χ1v) is 8.96. The molecule has 25 heavy (non-hydrogen) atoms. The Morgan fingerprint density at radius 2 is 2.04 bits per heavy atom. The van der Waals surface area contributed by atoms with Gasteiger partial charge in [-0.05, 0) is 50.2 Å². The molecule has 1 aromatic heterocycles. The molecule has 4 unspecified atom stereocenters. The molecule has 2 amide bonds. The van der Waals surface area contributed by atoms with E-state index >= 15 is 0 Å². The number of hydrogen-bond acceptors (Lipinski definition) is 3. The maximum atomic E-state index is 12.5. The normalized spacial score (nSPS) is 27.4. The number of fused-ring (bicyclic) bond motifs is 2. The number of carbonyl (C=O) groups is 1. The maximum Gasteiger partial charge on any atom is 0.320 e. The molecular weight excluding hydrogens is 316 g/mol. The van der Waals surface area contributed by atoms with Gasteiger partial charge in [-0.3, -0.25) is 5.32 Å². The molecule has 6 nitrogen and oxygen atoms in total. The topological polar surface area (TPSA) is 79.2 Å². The zero-order valence-corrected chi connectivity index (χ0v) is 14.4. The first kappa shape index (κ1) is 16.1. The Kier molecular flexibility index (Phi) is 4.21. The van der Waals surface area contributed by atoms with Gasteiger partial charge in [0.2, 0.25) is 0 Å². The third-order valence-corrected chi connectivity index (χ3v) is 5.75. The zero-order valence-electron chi connectivity index (χ0n) is 14.4. The average molecular weight is 340 g/mol. The van der Waals surface area contributed by atoms with Crippen LogP contribution in [0.15, 0.2) is 36.5 Å². The number of aliphatic hydroxyl groups excluding tert-OH is 1. The summed E-state index contributed by atoms with van der Waals surface area (Å²) in [6, 6.07) is 9.64. The monoisotopic (exact) mass is 340 g/mol. The number of anilines is 1. The van der Waals surface area contributed by atoms with E-state index in [4.69, 9.17) is 0 Å². The predicted molar refractivity (Wildman–Crippen MR) is 95.7 cm³/mol. The van der Waals surface area contributed by atoms with Crippen LogP contribution in [0.3, 0.4) is 0 Å². The molecule has 0 radical (unpaired) electrons. The van der Waals surface area contributed by atoms with Crippen molar-refractivity contribution in [1.82, 2.24) is 15.1 Å². The standard InChI is InChI=1S/C19H24N4O2/c1-12-10-23(15-5-3-2-4-6-15)22-18(12)21-19(25)20-17-14-8-7-13(9-14)16(17)11-24/h2-6,10,13-14,16-17,24H,7-9,11H2,1H3,(H2,20,21,22,25). The van der Waals surface area contributed by atoms with E-state index in [0.717, 1.165) is 24.1 Å². The molecule has 2 bridgehead atoms. The van der Waals surface area contributed by atoms with Gasteiger partial charge in [0.05, 0.1) is 5.69 Å². The second kappa shape index (κ2) is 6.52. The highest BCUT2D eigenvalue weighted by Crippen LogP contribution is 2.48. The molecule has 2 aromatic rings. The number of amides is 2. The number of urea groups is 1. The summed E-state index contributed by atoms with van der Waals surface area (Å²) >= 11 is 0. The fourth-order valence-corrected chi connectivity index (χ4v) is 4.49. The number of benzene rings is 1. The van der Waals surface area contributed by atoms with Crippen LogP contribution in [-0.4, -0.2) is 33.6 Å². The summed E-state index contributed by atoms with van der Waals surface area (Å²) in [5.74, 6) is 1.80. The van der Waals surface area contributed by atoms with Crippen LogP contribution in [0.4, 0.5) is 10.6 Å². The molecular formula is C19H24N4O2. The lowest BCUT2D eigenvalue weighted by Gasteiger charge is -2.30. The van der Waals surface area contributed by atoms with Crippen LogP contribution in [0, 0.1) is 24.7 Å². The number of aryl methyl sites for hydroxylation is 1. The highest BCUT2D eigenvalue weighted by molar-refractivity contribution is 5.89. The minimum absolute atomic E-state index is 0.0697. The van der Waals surface area contributed by atoms with Crippen molar-refractivity contribution in [3.63, 3.8) is 0 Å². The molecule has 3 N–H and O–H groups in total. The second-order valence-corrected chi connectivity index (χ2v) is 7.24. The van der Waals surface area contributed by atoms with Crippen LogP contribution < -0.4 is 10.6 Å². The van der Waals surface area contributed by atoms with Crippen LogP contribution >= 0.6 is 0 Å². The molecule has 0 aliphatic heterocycles. The van der Waals surface area contributed by atoms with Gasteiger partial charge < -0.3 is 10.4 Å². The number of carbonyl (C=O) groups excluding carboxylic acids is 1. The third-order valence-electron chi connectivity index (χ3n) is 5.75. The van der Waals surface area contributed by atoms with Crippen LogP contribution in [-0.2, 0) is 0 Å². The Bertz CT molecular complexity index is 758. The zero-order chi connectivity index (χ0) is 17.4. The van der Waals surface area contributed by atoms with Crippen molar-refractivity contribution in [2.24, 2.45) is 17.8 Å². The summed E-state index contributed by atoms with van der Waals surface area (Å²) in [4.78, 5) is 12.5. The van der Waals surface area contributed by atoms with E-state index < -0.39 is 0 Å². The van der Waals surface area contributed by atoms with E-state index in [9.17, 15) is 9.90 Å². The number of rotatable bonds is 4. The first-order valence-electron chi connectivity index (χ1n) is 8.96. The molecule has 132 valence electrons. The van der Waals surface area contributed by atoms with Crippen molar-refractivity contribution >= 4 is 11.8 Å². The Morgan fingerprint density at radius 3 is 2.80 bits per heavy atom. The van der Waals surface area contributed by atoms with Crippen LogP contribution in [0.2, 0.25) is 0 Å². The molecule has 1 heterocycles. The van der Waals surface area contributed by atoms with E-state index in [2.05, 4.69) is 15.7 Å². The minimum atomic E-state index is -0.239. The largest absolute Gasteiger partial charge is 0.396 e. The van der Waals surface area contributed by atoms with Gasteiger partial charge in [-0.1, -0.05) is 18.2 Å². The van der Waals surface area contributed by atoms with Crippen molar-refractivity contribution in [1.29, 1.82) is 0 Å². The van der Waals surface area contributed by atoms with Crippen molar-refractivity contribution in [3.05, 3.63) is 42.1 Å². The number of aromatic nitrogens is 2. The highest BCUT2D eigenvalue weighted by atomic mass is 16.3. The van der Waals surface area contributed by atoms with E-state index in [-0.39, 0.29) is 24.6 Å². The first-order chi connectivity index (χ1) is 12.2. The smallest absolute Gasteiger partial charge is 0.320 e. The Morgan fingerprint density at radius 1 is 1.28 bits per heavy atom. The average Bonchev–Trinajstić information content (AvgIpc) is 3.31. The SMILES string of the molecule is Cc1cn(-c2ccccc2)nc1NC(=O)NC1C2CCC(C2)C1CO. The molecule has 1 aromatic carbocycles. The second-order valence-electron chi connectivity index (χ2n) is 7.24. The van der Waals surface area contributed by atoms with E-state index in [0.29, 0.717) is 17.7 Å².